The molecule has 2 unspecified atom stereocenters. The topological polar surface area (TPSA) is 67.6 Å². The number of nitrogens with one attached hydrogen (secondary N) is 1. The first kappa shape index (κ1) is 13.0. The number of benzene rings is 1. The van der Waals surface area contributed by atoms with Gasteiger partial charge in [-0.25, -0.2) is 5.84 Å². The molecule has 2 rings (SSSR count). The summed E-state index contributed by atoms with van der Waals surface area (Å²) in [6.07, 6.45) is 0. The molecule has 5 heteroatoms. The lowest BCUT2D eigenvalue weighted by Crippen LogP contribution is -2.51. The Hall–Kier alpha value is -1.43. The van der Waals surface area contributed by atoms with Crippen molar-refractivity contribution >= 4 is 5.91 Å². The van der Waals surface area contributed by atoms with Gasteiger partial charge < -0.3 is 4.74 Å². The Kier molecular flexibility index (Phi) is 4.30. The van der Waals surface area contributed by atoms with Crippen molar-refractivity contribution in [3.8, 4) is 0 Å². The van der Waals surface area contributed by atoms with E-state index in [1.54, 1.807) is 0 Å². The van der Waals surface area contributed by atoms with Crippen LogP contribution in [0.25, 0.3) is 0 Å². The summed E-state index contributed by atoms with van der Waals surface area (Å²) in [7, 11) is 0. The summed E-state index contributed by atoms with van der Waals surface area (Å²) in [5.74, 6) is 5.12. The molecule has 0 radical (unpaired) electrons. The number of carbonyl (C=O) groups excluding carboxylic acids is 1. The Morgan fingerprint density at radius 3 is 2.83 bits per heavy atom. The van der Waals surface area contributed by atoms with Gasteiger partial charge in [0.15, 0.2) is 0 Å². The van der Waals surface area contributed by atoms with E-state index < -0.39 is 0 Å². The van der Waals surface area contributed by atoms with Gasteiger partial charge in [-0.15, -0.1) is 0 Å². The van der Waals surface area contributed by atoms with Crippen LogP contribution in [0.4, 0.5) is 0 Å². The highest BCUT2D eigenvalue weighted by Gasteiger charge is 2.32. The zero-order valence-corrected chi connectivity index (χ0v) is 10.5. The molecule has 1 saturated heterocycles. The van der Waals surface area contributed by atoms with Crippen LogP contribution in [-0.2, 0) is 9.53 Å². The SMILES string of the molecule is CC1COCCN1C(C(=O)NN)c1ccccc1. The van der Waals surface area contributed by atoms with Crippen LogP contribution >= 0.6 is 0 Å². The molecule has 98 valence electrons. The highest BCUT2D eigenvalue weighted by molar-refractivity contribution is 5.82. The Balaban J connectivity index is 2.27. The third-order valence-corrected chi connectivity index (χ3v) is 3.26. The number of nitrogens with two attached hydrogens (primary N) is 1. The Morgan fingerprint density at radius 2 is 2.22 bits per heavy atom. The average Bonchev–Trinajstić information content (AvgIpc) is 2.42. The van der Waals surface area contributed by atoms with Crippen molar-refractivity contribution in [1.29, 1.82) is 0 Å². The van der Waals surface area contributed by atoms with Crippen LogP contribution in [0.1, 0.15) is 18.5 Å². The average molecular weight is 249 g/mol. The smallest absolute Gasteiger partial charge is 0.255 e. The maximum atomic E-state index is 12.0. The third-order valence-electron chi connectivity index (χ3n) is 3.26. The van der Waals surface area contributed by atoms with Crippen molar-refractivity contribution in [1.82, 2.24) is 10.3 Å². The van der Waals surface area contributed by atoms with E-state index in [2.05, 4.69) is 17.2 Å². The number of hydrazine groups is 1. The standard InChI is InChI=1S/C13H19N3O2/c1-10-9-18-8-7-16(10)12(13(17)15-14)11-5-3-2-4-6-11/h2-6,10,12H,7-9,14H2,1H3,(H,15,17). The fourth-order valence-electron chi connectivity index (χ4n) is 2.33. The van der Waals surface area contributed by atoms with Crippen molar-refractivity contribution in [2.45, 2.75) is 19.0 Å². The molecule has 18 heavy (non-hydrogen) atoms. The molecule has 1 aromatic carbocycles. The number of morpholine rings is 1. The lowest BCUT2D eigenvalue weighted by atomic mass is 10.0. The first-order valence-electron chi connectivity index (χ1n) is 6.13. The zero-order valence-electron chi connectivity index (χ0n) is 10.5. The highest BCUT2D eigenvalue weighted by Crippen LogP contribution is 2.24. The second-order valence-corrected chi connectivity index (χ2v) is 4.48. The van der Waals surface area contributed by atoms with Crippen LogP contribution in [0.5, 0.6) is 0 Å². The number of hydrogen-bond donors (Lipinski definition) is 2. The van der Waals surface area contributed by atoms with Gasteiger partial charge in [-0.2, -0.15) is 0 Å². The molecule has 1 heterocycles. The molecule has 1 aliphatic rings. The highest BCUT2D eigenvalue weighted by atomic mass is 16.5. The van der Waals surface area contributed by atoms with E-state index in [0.717, 1.165) is 12.1 Å². The minimum Gasteiger partial charge on any atom is -0.379 e. The number of rotatable bonds is 3. The molecule has 0 aromatic heterocycles. The molecule has 0 aliphatic carbocycles. The maximum Gasteiger partial charge on any atom is 0.255 e. The second-order valence-electron chi connectivity index (χ2n) is 4.48. The van der Waals surface area contributed by atoms with Crippen LogP contribution in [0, 0.1) is 0 Å². The van der Waals surface area contributed by atoms with Crippen LogP contribution in [-0.4, -0.2) is 36.6 Å². The summed E-state index contributed by atoms with van der Waals surface area (Å²) in [6, 6.07) is 9.53. The predicted octanol–water partition coefficient (Wildman–Crippen LogP) is 0.438. The van der Waals surface area contributed by atoms with Gasteiger partial charge in [-0.1, -0.05) is 30.3 Å². The fraction of sp³-hybridized carbons (Fsp3) is 0.462. The number of ether oxygens (including phenoxy) is 1. The Bertz CT molecular complexity index is 396. The molecule has 0 saturated carbocycles. The first-order chi connectivity index (χ1) is 8.74. The van der Waals surface area contributed by atoms with Gasteiger partial charge in [0.2, 0.25) is 0 Å². The third kappa shape index (κ3) is 2.69. The summed E-state index contributed by atoms with van der Waals surface area (Å²) in [5, 5.41) is 0. The molecule has 1 aliphatic heterocycles. The molecule has 1 fully saturated rings. The van der Waals surface area contributed by atoms with Gasteiger partial charge in [0.25, 0.3) is 5.91 Å². The minimum atomic E-state index is -0.352. The van der Waals surface area contributed by atoms with E-state index in [0.29, 0.717) is 13.2 Å². The van der Waals surface area contributed by atoms with E-state index in [1.807, 2.05) is 30.3 Å². The molecule has 0 bridgehead atoms. The number of nitrogens with zero attached hydrogens (tertiary/aromatic N) is 1. The van der Waals surface area contributed by atoms with Crippen molar-refractivity contribution in [3.05, 3.63) is 35.9 Å². The molecule has 3 N–H and O–H groups in total. The van der Waals surface area contributed by atoms with Crippen LogP contribution in [0.2, 0.25) is 0 Å². The van der Waals surface area contributed by atoms with Crippen LogP contribution in [0.15, 0.2) is 30.3 Å². The summed E-state index contributed by atoms with van der Waals surface area (Å²) in [5.41, 5.74) is 3.21. The molecular weight excluding hydrogens is 230 g/mol. The lowest BCUT2D eigenvalue weighted by Gasteiger charge is -2.38. The van der Waals surface area contributed by atoms with Crippen molar-refractivity contribution in [3.63, 3.8) is 0 Å². The lowest BCUT2D eigenvalue weighted by molar-refractivity contribution is -0.130. The Labute approximate surface area is 107 Å². The van der Waals surface area contributed by atoms with Crippen LogP contribution in [0.3, 0.4) is 0 Å². The number of carbonyl (C=O) groups is 1. The van der Waals surface area contributed by atoms with Crippen molar-refractivity contribution < 1.29 is 9.53 Å². The molecular formula is C13H19N3O2. The maximum absolute atomic E-state index is 12.0. The first-order valence-corrected chi connectivity index (χ1v) is 6.13. The van der Waals surface area contributed by atoms with Gasteiger partial charge in [-0.05, 0) is 12.5 Å². The van der Waals surface area contributed by atoms with Crippen LogP contribution < -0.4 is 11.3 Å². The van der Waals surface area contributed by atoms with E-state index in [4.69, 9.17) is 10.6 Å². The molecule has 1 aromatic rings. The number of amides is 1. The monoisotopic (exact) mass is 249 g/mol. The molecule has 1 amide bonds. The van der Waals surface area contributed by atoms with Gasteiger partial charge >= 0.3 is 0 Å². The van der Waals surface area contributed by atoms with Crippen molar-refractivity contribution in [2.75, 3.05) is 19.8 Å². The van der Waals surface area contributed by atoms with Gasteiger partial charge in [0.1, 0.15) is 6.04 Å². The quantitative estimate of drug-likeness (QED) is 0.463. The summed E-state index contributed by atoms with van der Waals surface area (Å²) >= 11 is 0. The van der Waals surface area contributed by atoms with E-state index in [1.165, 1.54) is 0 Å². The predicted molar refractivity (Wildman–Crippen MR) is 68.5 cm³/mol. The molecule has 2 atom stereocenters. The summed E-state index contributed by atoms with van der Waals surface area (Å²) < 4.78 is 5.41. The molecule has 5 nitrogen and oxygen atoms in total. The van der Waals surface area contributed by atoms with Gasteiger partial charge in [-0.3, -0.25) is 15.1 Å². The van der Waals surface area contributed by atoms with Gasteiger partial charge in [0.05, 0.1) is 13.2 Å². The summed E-state index contributed by atoms with van der Waals surface area (Å²) in [6.45, 7) is 4.07. The second kappa shape index (κ2) is 5.95. The van der Waals surface area contributed by atoms with E-state index >= 15 is 0 Å². The van der Waals surface area contributed by atoms with E-state index in [9.17, 15) is 4.79 Å². The minimum absolute atomic E-state index is 0.185. The zero-order chi connectivity index (χ0) is 13.0. The molecule has 0 spiro atoms. The Morgan fingerprint density at radius 1 is 1.50 bits per heavy atom. The normalized spacial score (nSPS) is 22.4. The van der Waals surface area contributed by atoms with E-state index in [-0.39, 0.29) is 18.0 Å². The summed E-state index contributed by atoms with van der Waals surface area (Å²) in [4.78, 5) is 14.2. The van der Waals surface area contributed by atoms with Crippen molar-refractivity contribution in [2.24, 2.45) is 5.84 Å². The number of hydrogen-bond acceptors (Lipinski definition) is 4. The fourth-order valence-corrected chi connectivity index (χ4v) is 2.33. The largest absolute Gasteiger partial charge is 0.379 e. The van der Waals surface area contributed by atoms with Gasteiger partial charge in [0, 0.05) is 12.6 Å².